The largest absolute Gasteiger partial charge is 0.287 e. The maximum Gasteiger partial charge on any atom is 0.241 e. The summed E-state index contributed by atoms with van der Waals surface area (Å²) in [6.45, 7) is 0. The first-order chi connectivity index (χ1) is 8.70. The Kier molecular flexibility index (Phi) is 3.63. The molecule has 0 saturated carbocycles. The average molecular weight is 242 g/mol. The molecular formula is C15H11FO2. The minimum atomic E-state index is -1.90. The Balaban J connectivity index is 2.20. The van der Waals surface area contributed by atoms with Gasteiger partial charge in [0.05, 0.1) is 0 Å². The van der Waals surface area contributed by atoms with Crippen LogP contribution in [-0.2, 0) is 4.79 Å². The lowest BCUT2D eigenvalue weighted by Gasteiger charge is -2.06. The van der Waals surface area contributed by atoms with Crippen molar-refractivity contribution in [1.29, 1.82) is 0 Å². The summed E-state index contributed by atoms with van der Waals surface area (Å²) < 4.78 is 13.9. The molecule has 2 aromatic carbocycles. The van der Waals surface area contributed by atoms with Crippen LogP contribution in [0.5, 0.6) is 0 Å². The van der Waals surface area contributed by atoms with Gasteiger partial charge in [0.15, 0.2) is 6.17 Å². The molecule has 0 saturated heterocycles. The molecule has 0 aliphatic heterocycles. The van der Waals surface area contributed by atoms with Gasteiger partial charge in [-0.25, -0.2) is 4.39 Å². The molecule has 3 heteroatoms. The van der Waals surface area contributed by atoms with E-state index in [1.165, 1.54) is 24.3 Å². The van der Waals surface area contributed by atoms with E-state index in [1.807, 2.05) is 0 Å². The van der Waals surface area contributed by atoms with Gasteiger partial charge in [0.25, 0.3) is 0 Å². The quantitative estimate of drug-likeness (QED) is 0.609. The third-order valence-corrected chi connectivity index (χ3v) is 2.58. The zero-order chi connectivity index (χ0) is 13.0. The number of hydrogen-bond donors (Lipinski definition) is 0. The van der Waals surface area contributed by atoms with Crippen molar-refractivity contribution in [2.24, 2.45) is 0 Å². The van der Waals surface area contributed by atoms with Gasteiger partial charge in [0.1, 0.15) is 0 Å². The van der Waals surface area contributed by atoms with Gasteiger partial charge in [-0.3, -0.25) is 9.59 Å². The van der Waals surface area contributed by atoms with Crippen LogP contribution >= 0.6 is 0 Å². The second kappa shape index (κ2) is 5.36. The lowest BCUT2D eigenvalue weighted by molar-refractivity contribution is -0.119. The maximum absolute atomic E-state index is 13.9. The first-order valence-corrected chi connectivity index (χ1v) is 5.53. The van der Waals surface area contributed by atoms with Crippen LogP contribution in [-0.4, -0.2) is 11.6 Å². The van der Waals surface area contributed by atoms with E-state index < -0.39 is 17.7 Å². The second-order valence-corrected chi connectivity index (χ2v) is 3.83. The van der Waals surface area contributed by atoms with E-state index in [4.69, 9.17) is 0 Å². The third kappa shape index (κ3) is 2.51. The summed E-state index contributed by atoms with van der Waals surface area (Å²) in [4.78, 5) is 23.5. The van der Waals surface area contributed by atoms with E-state index in [-0.39, 0.29) is 11.1 Å². The zero-order valence-corrected chi connectivity index (χ0v) is 9.55. The molecule has 2 aromatic rings. The molecule has 0 heterocycles. The standard InChI is InChI=1S/C15H11FO2/c16-13(11-7-3-1-4-8-11)15(18)14(17)12-9-5-2-6-10-12/h1-10,13H. The first-order valence-electron chi connectivity index (χ1n) is 5.53. The van der Waals surface area contributed by atoms with Crippen LogP contribution in [0.4, 0.5) is 4.39 Å². The van der Waals surface area contributed by atoms with Crippen molar-refractivity contribution < 1.29 is 14.0 Å². The number of carbonyl (C=O) groups excluding carboxylic acids is 2. The average Bonchev–Trinajstić information content (AvgIpc) is 2.47. The highest BCUT2D eigenvalue weighted by Crippen LogP contribution is 2.20. The Hall–Kier alpha value is -2.29. The fourth-order valence-electron chi connectivity index (χ4n) is 1.62. The third-order valence-electron chi connectivity index (χ3n) is 2.58. The van der Waals surface area contributed by atoms with Crippen LogP contribution in [0.25, 0.3) is 0 Å². The van der Waals surface area contributed by atoms with Gasteiger partial charge >= 0.3 is 0 Å². The molecular weight excluding hydrogens is 231 g/mol. The molecule has 0 fully saturated rings. The molecule has 0 aliphatic rings. The number of alkyl halides is 1. The number of ketones is 2. The molecule has 90 valence electrons. The predicted octanol–water partition coefficient (Wildman–Crippen LogP) is 3.15. The number of hydrogen-bond acceptors (Lipinski definition) is 2. The molecule has 2 rings (SSSR count). The van der Waals surface area contributed by atoms with Crippen LogP contribution in [0, 0.1) is 0 Å². The summed E-state index contributed by atoms with van der Waals surface area (Å²) in [6, 6.07) is 15.9. The zero-order valence-electron chi connectivity index (χ0n) is 9.55. The lowest BCUT2D eigenvalue weighted by atomic mass is 10.00. The number of halogens is 1. The molecule has 0 aromatic heterocycles. The molecule has 0 bridgehead atoms. The van der Waals surface area contributed by atoms with Gasteiger partial charge in [-0.2, -0.15) is 0 Å². The Morgan fingerprint density at radius 1 is 0.833 bits per heavy atom. The summed E-state index contributed by atoms with van der Waals surface area (Å²) in [5, 5.41) is 0. The fourth-order valence-corrected chi connectivity index (χ4v) is 1.62. The monoisotopic (exact) mass is 242 g/mol. The van der Waals surface area contributed by atoms with Gasteiger partial charge in [-0.1, -0.05) is 60.7 Å². The molecule has 18 heavy (non-hydrogen) atoms. The highest BCUT2D eigenvalue weighted by atomic mass is 19.1. The molecule has 1 unspecified atom stereocenters. The highest BCUT2D eigenvalue weighted by Gasteiger charge is 2.27. The van der Waals surface area contributed by atoms with Gasteiger partial charge < -0.3 is 0 Å². The minimum Gasteiger partial charge on any atom is -0.287 e. The smallest absolute Gasteiger partial charge is 0.241 e. The van der Waals surface area contributed by atoms with E-state index in [0.717, 1.165) is 0 Å². The molecule has 0 amide bonds. The first kappa shape index (κ1) is 12.2. The van der Waals surface area contributed by atoms with Crippen molar-refractivity contribution in [3.05, 3.63) is 71.8 Å². The Morgan fingerprint density at radius 2 is 1.33 bits per heavy atom. The van der Waals surface area contributed by atoms with Crippen molar-refractivity contribution in [2.75, 3.05) is 0 Å². The van der Waals surface area contributed by atoms with E-state index in [1.54, 1.807) is 36.4 Å². The SMILES string of the molecule is O=C(C(=O)C(F)c1ccccc1)c1ccccc1. The summed E-state index contributed by atoms with van der Waals surface area (Å²) in [7, 11) is 0. The summed E-state index contributed by atoms with van der Waals surface area (Å²) in [6.07, 6.45) is -1.90. The van der Waals surface area contributed by atoms with Gasteiger partial charge in [-0.05, 0) is 5.56 Å². The van der Waals surface area contributed by atoms with Crippen molar-refractivity contribution in [2.45, 2.75) is 6.17 Å². The number of carbonyl (C=O) groups is 2. The minimum absolute atomic E-state index is 0.201. The lowest BCUT2D eigenvalue weighted by Crippen LogP contribution is -2.19. The highest BCUT2D eigenvalue weighted by molar-refractivity contribution is 6.45. The van der Waals surface area contributed by atoms with Gasteiger partial charge in [0.2, 0.25) is 11.6 Å². The summed E-state index contributed by atoms with van der Waals surface area (Å²) in [5.74, 6) is -1.83. The van der Waals surface area contributed by atoms with Crippen molar-refractivity contribution >= 4 is 11.6 Å². The fraction of sp³-hybridized carbons (Fsp3) is 0.0667. The molecule has 1 atom stereocenters. The van der Waals surface area contributed by atoms with Crippen LogP contribution in [0.15, 0.2) is 60.7 Å². The van der Waals surface area contributed by atoms with Gasteiger partial charge in [-0.15, -0.1) is 0 Å². The number of rotatable bonds is 4. The van der Waals surface area contributed by atoms with Crippen molar-refractivity contribution in [3.63, 3.8) is 0 Å². The maximum atomic E-state index is 13.9. The van der Waals surface area contributed by atoms with Crippen molar-refractivity contribution in [1.82, 2.24) is 0 Å². The van der Waals surface area contributed by atoms with Crippen LogP contribution in [0.1, 0.15) is 22.1 Å². The van der Waals surface area contributed by atoms with Crippen LogP contribution in [0.2, 0.25) is 0 Å². The molecule has 0 spiro atoms. The predicted molar refractivity (Wildman–Crippen MR) is 66.1 cm³/mol. The number of benzene rings is 2. The molecule has 0 N–H and O–H groups in total. The molecule has 0 aliphatic carbocycles. The molecule has 2 nitrogen and oxygen atoms in total. The second-order valence-electron chi connectivity index (χ2n) is 3.83. The van der Waals surface area contributed by atoms with Gasteiger partial charge in [0, 0.05) is 5.56 Å². The van der Waals surface area contributed by atoms with Crippen LogP contribution < -0.4 is 0 Å². The van der Waals surface area contributed by atoms with Crippen LogP contribution in [0.3, 0.4) is 0 Å². The summed E-state index contributed by atoms with van der Waals surface area (Å²) >= 11 is 0. The van der Waals surface area contributed by atoms with E-state index in [9.17, 15) is 14.0 Å². The van der Waals surface area contributed by atoms with Crippen molar-refractivity contribution in [3.8, 4) is 0 Å². The Bertz CT molecular complexity index is 549. The summed E-state index contributed by atoms with van der Waals surface area (Å²) in [5.41, 5.74) is 0.410. The Labute approximate surface area is 104 Å². The normalized spacial score (nSPS) is 11.8. The Morgan fingerprint density at radius 3 is 1.89 bits per heavy atom. The number of Topliss-reactive ketones (excluding diaryl/α,β-unsaturated/α-hetero) is 2. The van der Waals surface area contributed by atoms with E-state index >= 15 is 0 Å². The van der Waals surface area contributed by atoms with E-state index in [0.29, 0.717) is 0 Å². The van der Waals surface area contributed by atoms with E-state index in [2.05, 4.69) is 0 Å². The molecule has 0 radical (unpaired) electrons. The topological polar surface area (TPSA) is 34.1 Å².